The molecule has 2 N–H and O–H groups in total. The Kier molecular flexibility index (Phi) is 6.23. The maximum Gasteiger partial charge on any atom is 0.337 e. The second-order valence-corrected chi connectivity index (χ2v) is 9.10. The molecule has 0 aliphatic heterocycles. The quantitative estimate of drug-likeness (QED) is 0.337. The molecule has 0 aliphatic rings. The fraction of sp³-hybridized carbons (Fsp3) is 0.138. The zero-order valence-corrected chi connectivity index (χ0v) is 21.0. The molecule has 5 aromatic rings. The van der Waals surface area contributed by atoms with E-state index in [0.29, 0.717) is 33.8 Å². The average molecular weight is 505 g/mol. The predicted molar refractivity (Wildman–Crippen MR) is 144 cm³/mol. The van der Waals surface area contributed by atoms with Crippen molar-refractivity contribution in [2.45, 2.75) is 26.8 Å². The first-order chi connectivity index (χ1) is 18.3. The molecule has 0 radical (unpaired) electrons. The maximum absolute atomic E-state index is 13.5. The van der Waals surface area contributed by atoms with Crippen molar-refractivity contribution in [1.82, 2.24) is 18.9 Å². The van der Waals surface area contributed by atoms with Gasteiger partial charge in [-0.1, -0.05) is 12.1 Å². The van der Waals surface area contributed by atoms with Crippen molar-refractivity contribution < 1.29 is 9.90 Å². The van der Waals surface area contributed by atoms with Crippen LogP contribution in [0.3, 0.4) is 0 Å². The van der Waals surface area contributed by atoms with E-state index < -0.39 is 5.97 Å². The predicted octanol–water partition coefficient (Wildman–Crippen LogP) is 4.91. The molecule has 0 spiro atoms. The Balaban J connectivity index is 1.60. The SMILES string of the molecule is Cc1cc([C@@H](C)Nc2ccccc2C(=O)O)c2nc(-c3cn(-c4ccc(C#N)cc4)cn3)c(C)c(=O)n2c1. The number of nitriles is 1. The minimum Gasteiger partial charge on any atom is -0.478 e. The number of carboxylic acid groups (broad SMARTS) is 1. The molecule has 38 heavy (non-hydrogen) atoms. The summed E-state index contributed by atoms with van der Waals surface area (Å²) >= 11 is 0. The van der Waals surface area contributed by atoms with Crippen molar-refractivity contribution in [3.63, 3.8) is 0 Å². The van der Waals surface area contributed by atoms with Gasteiger partial charge < -0.3 is 15.0 Å². The van der Waals surface area contributed by atoms with Crippen LogP contribution in [0, 0.1) is 25.2 Å². The number of carboxylic acids is 1. The monoisotopic (exact) mass is 504 g/mol. The van der Waals surface area contributed by atoms with Crippen molar-refractivity contribution in [1.29, 1.82) is 5.26 Å². The molecule has 0 saturated heterocycles. The minimum atomic E-state index is -1.03. The lowest BCUT2D eigenvalue weighted by Crippen LogP contribution is -2.22. The summed E-state index contributed by atoms with van der Waals surface area (Å²) in [5, 5.41) is 21.9. The van der Waals surface area contributed by atoms with Crippen LogP contribution in [0.25, 0.3) is 22.7 Å². The zero-order chi connectivity index (χ0) is 27.0. The number of fused-ring (bicyclic) bond motifs is 1. The van der Waals surface area contributed by atoms with E-state index in [1.807, 2.05) is 36.6 Å². The van der Waals surface area contributed by atoms with E-state index in [1.165, 1.54) is 4.40 Å². The second kappa shape index (κ2) is 9.67. The van der Waals surface area contributed by atoms with Gasteiger partial charge in [0, 0.05) is 34.9 Å². The van der Waals surface area contributed by atoms with Gasteiger partial charge >= 0.3 is 5.97 Å². The molecule has 1 atom stereocenters. The lowest BCUT2D eigenvalue weighted by atomic mass is 10.1. The van der Waals surface area contributed by atoms with Gasteiger partial charge in [0.15, 0.2) is 0 Å². The molecule has 0 amide bonds. The molecule has 188 valence electrons. The Bertz CT molecular complexity index is 1790. The highest BCUT2D eigenvalue weighted by molar-refractivity contribution is 5.94. The fourth-order valence-corrected chi connectivity index (χ4v) is 4.46. The Morgan fingerprint density at radius 3 is 2.55 bits per heavy atom. The Morgan fingerprint density at radius 1 is 1.11 bits per heavy atom. The number of aryl methyl sites for hydroxylation is 1. The lowest BCUT2D eigenvalue weighted by molar-refractivity contribution is 0.0698. The zero-order valence-electron chi connectivity index (χ0n) is 21.0. The number of rotatable bonds is 6. The number of hydrogen-bond donors (Lipinski definition) is 2. The fourth-order valence-electron chi connectivity index (χ4n) is 4.46. The van der Waals surface area contributed by atoms with Crippen LogP contribution in [0.4, 0.5) is 5.69 Å². The number of nitrogens with zero attached hydrogens (tertiary/aromatic N) is 5. The standard InChI is InChI=1S/C29H24N6O3/c1-17-12-23(19(3)32-24-7-5-4-6-22(24)29(37)38)27-33-26(18(2)28(36)35(27)14-17)25-15-34(16-31-25)21-10-8-20(13-30)9-11-21/h4-12,14-16,19,32H,1-3H3,(H,37,38)/t19-/m1/s1. The topological polar surface area (TPSA) is 125 Å². The van der Waals surface area contributed by atoms with E-state index in [9.17, 15) is 14.7 Å². The summed E-state index contributed by atoms with van der Waals surface area (Å²) in [5.74, 6) is -1.03. The number of aromatic nitrogens is 4. The van der Waals surface area contributed by atoms with E-state index in [-0.39, 0.29) is 17.2 Å². The van der Waals surface area contributed by atoms with Crippen LogP contribution in [-0.4, -0.2) is 30.0 Å². The number of imidazole rings is 1. The van der Waals surface area contributed by atoms with E-state index in [1.54, 1.807) is 62.0 Å². The number of aromatic carboxylic acids is 1. The van der Waals surface area contributed by atoms with E-state index in [4.69, 9.17) is 10.2 Å². The summed E-state index contributed by atoms with van der Waals surface area (Å²) in [6.45, 7) is 5.53. The number of hydrogen-bond acceptors (Lipinski definition) is 6. The molecule has 0 saturated carbocycles. The normalized spacial score (nSPS) is 11.7. The van der Waals surface area contributed by atoms with Gasteiger partial charge in [0.25, 0.3) is 5.56 Å². The molecule has 0 aliphatic carbocycles. The van der Waals surface area contributed by atoms with Gasteiger partial charge in [-0.25, -0.2) is 14.8 Å². The summed E-state index contributed by atoms with van der Waals surface area (Å²) in [4.78, 5) is 34.6. The van der Waals surface area contributed by atoms with Crippen molar-refractivity contribution in [3.05, 3.63) is 111 Å². The number of anilines is 1. The Labute approximate surface area is 218 Å². The molecule has 5 rings (SSSR count). The second-order valence-electron chi connectivity index (χ2n) is 9.10. The molecule has 0 fully saturated rings. The molecule has 9 heteroatoms. The van der Waals surface area contributed by atoms with Crippen LogP contribution in [0.2, 0.25) is 0 Å². The van der Waals surface area contributed by atoms with Gasteiger partial charge in [-0.2, -0.15) is 5.26 Å². The number of pyridine rings is 1. The molecule has 9 nitrogen and oxygen atoms in total. The van der Waals surface area contributed by atoms with Gasteiger partial charge in [0.05, 0.1) is 29.6 Å². The van der Waals surface area contributed by atoms with E-state index in [2.05, 4.69) is 16.4 Å². The number of benzene rings is 2. The smallest absolute Gasteiger partial charge is 0.337 e. The van der Waals surface area contributed by atoms with E-state index >= 15 is 0 Å². The molecule has 0 bridgehead atoms. The van der Waals surface area contributed by atoms with Gasteiger partial charge in [0.1, 0.15) is 17.0 Å². The first-order valence-electron chi connectivity index (χ1n) is 11.9. The molecule has 3 heterocycles. The highest BCUT2D eigenvalue weighted by atomic mass is 16.4. The number of nitrogens with one attached hydrogen (secondary N) is 1. The van der Waals surface area contributed by atoms with Crippen LogP contribution in [0.1, 0.15) is 45.6 Å². The summed E-state index contributed by atoms with van der Waals surface area (Å²) in [6.07, 6.45) is 5.19. The molecule has 3 aromatic heterocycles. The number of carbonyl (C=O) groups is 1. The Morgan fingerprint density at radius 2 is 1.84 bits per heavy atom. The van der Waals surface area contributed by atoms with Crippen LogP contribution >= 0.6 is 0 Å². The minimum absolute atomic E-state index is 0.159. The summed E-state index contributed by atoms with van der Waals surface area (Å²) < 4.78 is 3.34. The largest absolute Gasteiger partial charge is 0.478 e. The van der Waals surface area contributed by atoms with Crippen LogP contribution in [-0.2, 0) is 0 Å². The first kappa shape index (κ1) is 24.5. The molecular formula is C29H24N6O3. The highest BCUT2D eigenvalue weighted by Gasteiger charge is 2.20. The van der Waals surface area contributed by atoms with Crippen molar-refractivity contribution in [2.75, 3.05) is 5.32 Å². The van der Waals surface area contributed by atoms with Crippen molar-refractivity contribution in [3.8, 4) is 23.1 Å². The third-order valence-corrected chi connectivity index (χ3v) is 6.43. The van der Waals surface area contributed by atoms with Gasteiger partial charge in [-0.05, 0) is 68.8 Å². The third kappa shape index (κ3) is 4.40. The van der Waals surface area contributed by atoms with E-state index in [0.717, 1.165) is 16.8 Å². The van der Waals surface area contributed by atoms with Gasteiger partial charge in [-0.3, -0.25) is 9.20 Å². The maximum atomic E-state index is 13.5. The Hall–Kier alpha value is -5.23. The van der Waals surface area contributed by atoms with Crippen molar-refractivity contribution in [2.24, 2.45) is 0 Å². The molecule has 0 unspecified atom stereocenters. The third-order valence-electron chi connectivity index (χ3n) is 6.43. The number of para-hydroxylation sites is 1. The average Bonchev–Trinajstić information content (AvgIpc) is 3.41. The highest BCUT2D eigenvalue weighted by Crippen LogP contribution is 2.27. The van der Waals surface area contributed by atoms with Crippen LogP contribution in [0.15, 0.2) is 78.1 Å². The van der Waals surface area contributed by atoms with Gasteiger partial charge in [0.2, 0.25) is 0 Å². The summed E-state index contributed by atoms with van der Waals surface area (Å²) in [7, 11) is 0. The molecule has 2 aromatic carbocycles. The van der Waals surface area contributed by atoms with Gasteiger partial charge in [-0.15, -0.1) is 0 Å². The summed E-state index contributed by atoms with van der Waals surface area (Å²) in [5.41, 5.74) is 5.34. The lowest BCUT2D eigenvalue weighted by Gasteiger charge is -2.20. The van der Waals surface area contributed by atoms with Crippen LogP contribution < -0.4 is 10.9 Å². The van der Waals surface area contributed by atoms with Crippen molar-refractivity contribution >= 4 is 17.3 Å². The summed E-state index contributed by atoms with van der Waals surface area (Å²) in [6, 6.07) is 17.5. The molecular weight excluding hydrogens is 480 g/mol. The van der Waals surface area contributed by atoms with Crippen LogP contribution in [0.5, 0.6) is 0 Å². The first-order valence-corrected chi connectivity index (χ1v) is 11.9.